The molecule has 0 saturated carbocycles. The number of aryl methyl sites for hydroxylation is 2. The Labute approximate surface area is 172 Å². The van der Waals surface area contributed by atoms with E-state index in [0.717, 1.165) is 38.9 Å². The van der Waals surface area contributed by atoms with Gasteiger partial charge >= 0.3 is 0 Å². The van der Waals surface area contributed by atoms with Crippen LogP contribution in [0.15, 0.2) is 42.5 Å². The molecule has 0 bridgehead atoms. The van der Waals surface area contributed by atoms with Gasteiger partial charge in [-0.05, 0) is 24.1 Å². The van der Waals surface area contributed by atoms with Crippen LogP contribution in [0, 0.1) is 6.92 Å². The normalized spacial score (nSPS) is 11.0. The predicted molar refractivity (Wildman–Crippen MR) is 112 cm³/mol. The van der Waals surface area contributed by atoms with Crippen LogP contribution in [0.1, 0.15) is 34.2 Å². The summed E-state index contributed by atoms with van der Waals surface area (Å²) >= 11 is 1.51. The molecule has 0 aliphatic rings. The molecule has 29 heavy (non-hydrogen) atoms. The third-order valence-electron chi connectivity index (χ3n) is 4.69. The molecule has 1 N–H and O–H groups in total. The molecule has 0 spiro atoms. The van der Waals surface area contributed by atoms with Crippen LogP contribution < -0.4 is 10.1 Å². The van der Waals surface area contributed by atoms with Crippen LogP contribution in [0.25, 0.3) is 15.5 Å². The summed E-state index contributed by atoms with van der Waals surface area (Å²) in [6, 6.07) is 13.5. The van der Waals surface area contributed by atoms with E-state index in [1.54, 1.807) is 17.7 Å². The monoisotopic (exact) mass is 407 g/mol. The molecule has 7 nitrogen and oxygen atoms in total. The van der Waals surface area contributed by atoms with Crippen molar-refractivity contribution < 1.29 is 9.53 Å². The minimum Gasteiger partial charge on any atom is -0.496 e. The fourth-order valence-electron chi connectivity index (χ4n) is 3.14. The Morgan fingerprint density at radius 3 is 2.69 bits per heavy atom. The molecule has 0 aliphatic heterocycles. The van der Waals surface area contributed by atoms with Crippen molar-refractivity contribution in [3.8, 4) is 16.3 Å². The zero-order valence-corrected chi connectivity index (χ0v) is 17.3. The second kappa shape index (κ2) is 8.00. The average Bonchev–Trinajstić information content (AvgIpc) is 3.33. The number of rotatable bonds is 6. The number of benzene rings is 2. The SMILES string of the molecule is CCc1nnc2sc(-c3ccc(CNC(=O)c4cccc(C)c4OC)cc3)nn12. The van der Waals surface area contributed by atoms with Gasteiger partial charge in [-0.25, -0.2) is 0 Å². The van der Waals surface area contributed by atoms with Crippen LogP contribution in [0.2, 0.25) is 0 Å². The molecule has 8 heteroatoms. The lowest BCUT2D eigenvalue weighted by Crippen LogP contribution is -2.23. The lowest BCUT2D eigenvalue weighted by atomic mass is 10.1. The van der Waals surface area contributed by atoms with Crippen molar-refractivity contribution in [2.45, 2.75) is 26.8 Å². The Morgan fingerprint density at radius 2 is 1.97 bits per heavy atom. The smallest absolute Gasteiger partial charge is 0.255 e. The van der Waals surface area contributed by atoms with E-state index < -0.39 is 0 Å². The lowest BCUT2D eigenvalue weighted by molar-refractivity contribution is 0.0947. The maximum absolute atomic E-state index is 12.6. The van der Waals surface area contributed by atoms with Gasteiger partial charge in [-0.2, -0.15) is 9.61 Å². The molecule has 0 saturated heterocycles. The lowest BCUT2D eigenvalue weighted by Gasteiger charge is -2.11. The van der Waals surface area contributed by atoms with Gasteiger partial charge in [-0.1, -0.05) is 54.7 Å². The number of aromatic nitrogens is 4. The van der Waals surface area contributed by atoms with Gasteiger partial charge in [0.1, 0.15) is 10.8 Å². The van der Waals surface area contributed by atoms with Gasteiger partial charge in [0.25, 0.3) is 5.91 Å². The molecular formula is C21H21N5O2S. The Hall–Kier alpha value is -3.26. The molecular weight excluding hydrogens is 386 g/mol. The van der Waals surface area contributed by atoms with Crippen LogP contribution in [0.3, 0.4) is 0 Å². The number of hydrogen-bond acceptors (Lipinski definition) is 6. The molecule has 0 atom stereocenters. The summed E-state index contributed by atoms with van der Waals surface area (Å²) in [7, 11) is 1.58. The van der Waals surface area contributed by atoms with E-state index in [0.29, 0.717) is 17.9 Å². The van der Waals surface area contributed by atoms with Gasteiger partial charge < -0.3 is 10.1 Å². The Kier molecular flexibility index (Phi) is 5.26. The first-order valence-corrected chi connectivity index (χ1v) is 10.1. The van der Waals surface area contributed by atoms with E-state index in [9.17, 15) is 4.79 Å². The number of methoxy groups -OCH3 is 1. The molecule has 1 amide bonds. The van der Waals surface area contributed by atoms with Gasteiger partial charge in [0.05, 0.1) is 12.7 Å². The fourth-order valence-corrected chi connectivity index (χ4v) is 4.00. The second-order valence-corrected chi connectivity index (χ2v) is 7.56. The zero-order chi connectivity index (χ0) is 20.4. The molecule has 0 unspecified atom stereocenters. The third-order valence-corrected chi connectivity index (χ3v) is 5.63. The highest BCUT2D eigenvalue weighted by atomic mass is 32.1. The molecule has 0 aliphatic carbocycles. The van der Waals surface area contributed by atoms with Crippen molar-refractivity contribution in [2.24, 2.45) is 0 Å². The van der Waals surface area contributed by atoms with Crippen LogP contribution in [-0.4, -0.2) is 32.8 Å². The largest absolute Gasteiger partial charge is 0.496 e. The van der Waals surface area contributed by atoms with Crippen LogP contribution in [0.5, 0.6) is 5.75 Å². The van der Waals surface area contributed by atoms with E-state index in [2.05, 4.69) is 20.6 Å². The van der Waals surface area contributed by atoms with Gasteiger partial charge in [-0.15, -0.1) is 10.2 Å². The van der Waals surface area contributed by atoms with E-state index >= 15 is 0 Å². The number of nitrogens with zero attached hydrogens (tertiary/aromatic N) is 4. The summed E-state index contributed by atoms with van der Waals surface area (Å²) in [6.45, 7) is 4.38. The minimum absolute atomic E-state index is 0.157. The summed E-state index contributed by atoms with van der Waals surface area (Å²) in [5.41, 5.74) is 3.49. The summed E-state index contributed by atoms with van der Waals surface area (Å²) in [4.78, 5) is 13.3. The minimum atomic E-state index is -0.157. The van der Waals surface area contributed by atoms with Crippen molar-refractivity contribution in [3.05, 3.63) is 65.0 Å². The topological polar surface area (TPSA) is 81.4 Å². The maximum Gasteiger partial charge on any atom is 0.255 e. The maximum atomic E-state index is 12.6. The highest BCUT2D eigenvalue weighted by Crippen LogP contribution is 2.26. The average molecular weight is 407 g/mol. The first-order valence-electron chi connectivity index (χ1n) is 9.33. The van der Waals surface area contributed by atoms with Crippen LogP contribution in [0.4, 0.5) is 0 Å². The summed E-state index contributed by atoms with van der Waals surface area (Å²) < 4.78 is 7.17. The summed E-state index contributed by atoms with van der Waals surface area (Å²) in [5.74, 6) is 1.30. The number of carbonyl (C=O) groups excluding carboxylic acids is 1. The number of para-hydroxylation sites is 1. The third kappa shape index (κ3) is 3.71. The standard InChI is InChI=1S/C21H21N5O2S/c1-4-17-23-24-21-26(17)25-20(29-21)15-10-8-14(9-11-15)12-22-19(27)16-7-5-6-13(2)18(16)28-3/h5-11H,4,12H2,1-3H3,(H,22,27). The number of ether oxygens (including phenoxy) is 1. The Morgan fingerprint density at radius 1 is 1.17 bits per heavy atom. The molecule has 2 heterocycles. The number of hydrogen-bond donors (Lipinski definition) is 1. The molecule has 0 fully saturated rings. The quantitative estimate of drug-likeness (QED) is 0.527. The van der Waals surface area contributed by atoms with E-state index in [-0.39, 0.29) is 5.91 Å². The molecule has 4 rings (SSSR count). The number of amides is 1. The van der Waals surface area contributed by atoms with E-state index in [1.165, 1.54) is 11.3 Å². The molecule has 2 aromatic heterocycles. The van der Waals surface area contributed by atoms with Gasteiger partial charge in [0.15, 0.2) is 5.82 Å². The van der Waals surface area contributed by atoms with Crippen LogP contribution in [-0.2, 0) is 13.0 Å². The number of carbonyl (C=O) groups is 1. The zero-order valence-electron chi connectivity index (χ0n) is 16.5. The first kappa shape index (κ1) is 19.1. The van der Waals surface area contributed by atoms with Crippen molar-refractivity contribution >= 4 is 22.2 Å². The van der Waals surface area contributed by atoms with Crippen LogP contribution >= 0.6 is 11.3 Å². The highest BCUT2D eigenvalue weighted by molar-refractivity contribution is 7.19. The van der Waals surface area contributed by atoms with Gasteiger partial charge in [0, 0.05) is 18.5 Å². The van der Waals surface area contributed by atoms with E-state index in [4.69, 9.17) is 4.74 Å². The molecule has 2 aromatic carbocycles. The summed E-state index contributed by atoms with van der Waals surface area (Å²) in [6.07, 6.45) is 0.786. The van der Waals surface area contributed by atoms with E-state index in [1.807, 2.05) is 50.2 Å². The van der Waals surface area contributed by atoms with Crippen molar-refractivity contribution in [1.29, 1.82) is 0 Å². The van der Waals surface area contributed by atoms with Crippen molar-refractivity contribution in [2.75, 3.05) is 7.11 Å². The number of fused-ring (bicyclic) bond motifs is 1. The second-order valence-electron chi connectivity index (χ2n) is 6.61. The first-order chi connectivity index (χ1) is 14.1. The van der Waals surface area contributed by atoms with Crippen molar-refractivity contribution in [3.63, 3.8) is 0 Å². The Bertz CT molecular complexity index is 1160. The Balaban J connectivity index is 1.46. The molecule has 0 radical (unpaired) electrons. The fraction of sp³-hybridized carbons (Fsp3) is 0.238. The van der Waals surface area contributed by atoms with Gasteiger partial charge in [-0.3, -0.25) is 4.79 Å². The predicted octanol–water partition coefficient (Wildman–Crippen LogP) is 3.66. The summed E-state index contributed by atoms with van der Waals surface area (Å²) in [5, 5.41) is 16.7. The van der Waals surface area contributed by atoms with Gasteiger partial charge in [0.2, 0.25) is 4.96 Å². The number of nitrogens with one attached hydrogen (secondary N) is 1. The molecule has 148 valence electrons. The highest BCUT2D eigenvalue weighted by Gasteiger charge is 2.14. The molecule has 4 aromatic rings. The van der Waals surface area contributed by atoms with Crippen molar-refractivity contribution in [1.82, 2.24) is 25.1 Å².